The van der Waals surface area contributed by atoms with E-state index < -0.39 is 6.04 Å². The van der Waals surface area contributed by atoms with Gasteiger partial charge in [0.1, 0.15) is 6.04 Å². The number of anilines is 1. The Morgan fingerprint density at radius 1 is 1.00 bits per heavy atom. The number of amides is 1. The summed E-state index contributed by atoms with van der Waals surface area (Å²) < 4.78 is 4.91. The summed E-state index contributed by atoms with van der Waals surface area (Å²) in [5.41, 5.74) is 2.80. The minimum atomic E-state index is -0.471. The van der Waals surface area contributed by atoms with Gasteiger partial charge in [0, 0.05) is 26.2 Å². The lowest BCUT2D eigenvalue weighted by molar-refractivity contribution is -0.141. The summed E-state index contributed by atoms with van der Waals surface area (Å²) in [5, 5.41) is 3.21. The maximum Gasteiger partial charge on any atom is 0.328 e. The van der Waals surface area contributed by atoms with Crippen LogP contribution in [0.1, 0.15) is 11.1 Å². The van der Waals surface area contributed by atoms with Crippen LogP contribution in [0, 0.1) is 0 Å². The highest BCUT2D eigenvalue weighted by Crippen LogP contribution is 2.15. The molecule has 1 amide bonds. The summed E-state index contributed by atoms with van der Waals surface area (Å²) in [4.78, 5) is 25.4. The van der Waals surface area contributed by atoms with Crippen LogP contribution in [0.2, 0.25) is 0 Å². The summed E-state index contributed by atoms with van der Waals surface area (Å²) in [6.45, 7) is 0. The van der Waals surface area contributed by atoms with E-state index >= 15 is 0 Å². The van der Waals surface area contributed by atoms with Crippen molar-refractivity contribution in [1.29, 1.82) is 0 Å². The second-order valence-corrected chi connectivity index (χ2v) is 6.07. The van der Waals surface area contributed by atoms with E-state index in [4.69, 9.17) is 4.74 Å². The van der Waals surface area contributed by atoms with Crippen molar-refractivity contribution in [3.05, 3.63) is 65.7 Å². The molecule has 0 unspecified atom stereocenters. The molecule has 0 aromatic heterocycles. The van der Waals surface area contributed by atoms with Gasteiger partial charge in [-0.15, -0.1) is 0 Å². The first kappa shape index (κ1) is 18.5. The Kier molecular flexibility index (Phi) is 6.57. The molecule has 0 bridgehead atoms. The number of methoxy groups -OCH3 is 1. The fourth-order valence-corrected chi connectivity index (χ4v) is 2.44. The van der Waals surface area contributed by atoms with E-state index in [1.807, 2.05) is 54.6 Å². The van der Waals surface area contributed by atoms with E-state index in [1.54, 1.807) is 19.0 Å². The van der Waals surface area contributed by atoms with E-state index in [0.29, 0.717) is 12.8 Å². The smallest absolute Gasteiger partial charge is 0.328 e. The molecule has 0 saturated heterocycles. The van der Waals surface area contributed by atoms with Gasteiger partial charge in [0.15, 0.2) is 0 Å². The summed E-state index contributed by atoms with van der Waals surface area (Å²) in [7, 11) is 4.86. The second kappa shape index (κ2) is 8.87. The first-order chi connectivity index (χ1) is 12.0. The molecule has 1 N–H and O–H groups in total. The van der Waals surface area contributed by atoms with Gasteiger partial charge in [0.05, 0.1) is 13.5 Å². The highest BCUT2D eigenvalue weighted by molar-refractivity contribution is 5.80. The Labute approximate surface area is 148 Å². The molecule has 0 aliphatic carbocycles. The molecule has 5 heteroatoms. The Morgan fingerprint density at radius 3 is 2.20 bits per heavy atom. The van der Waals surface area contributed by atoms with Crippen LogP contribution in [0.5, 0.6) is 0 Å². The molecule has 2 aromatic rings. The van der Waals surface area contributed by atoms with Crippen LogP contribution in [0.4, 0.5) is 5.69 Å². The minimum Gasteiger partial charge on any atom is -0.467 e. The van der Waals surface area contributed by atoms with Gasteiger partial charge in [-0.25, -0.2) is 4.79 Å². The van der Waals surface area contributed by atoms with Gasteiger partial charge in [-0.1, -0.05) is 42.5 Å². The summed E-state index contributed by atoms with van der Waals surface area (Å²) >= 11 is 0. The highest BCUT2D eigenvalue weighted by Gasteiger charge is 2.19. The molecule has 0 spiro atoms. The Hall–Kier alpha value is -2.82. The molecule has 0 aliphatic rings. The first-order valence-electron chi connectivity index (χ1n) is 8.17. The number of nitrogens with one attached hydrogen (secondary N) is 1. The third-order valence-electron chi connectivity index (χ3n) is 3.92. The lowest BCUT2D eigenvalue weighted by Crippen LogP contribution is -2.32. The molecule has 5 nitrogen and oxygen atoms in total. The van der Waals surface area contributed by atoms with Crippen LogP contribution in [0.25, 0.3) is 0 Å². The maximum absolute atomic E-state index is 12.1. The summed E-state index contributed by atoms with van der Waals surface area (Å²) in [6, 6.07) is 16.8. The molecule has 0 aliphatic heterocycles. The maximum atomic E-state index is 12.1. The molecule has 0 heterocycles. The Bertz CT molecular complexity index is 697. The average molecular weight is 340 g/mol. The van der Waals surface area contributed by atoms with Gasteiger partial charge in [-0.05, 0) is 23.3 Å². The number of likely N-dealkylation sites (N-methyl/N-ethyl adjacent to an activating group) is 1. The van der Waals surface area contributed by atoms with Crippen LogP contribution < -0.4 is 5.32 Å². The summed E-state index contributed by atoms with van der Waals surface area (Å²) in [6.07, 6.45) is 0.895. The van der Waals surface area contributed by atoms with Gasteiger partial charge >= 0.3 is 5.97 Å². The number of hydrogen-bond donors (Lipinski definition) is 1. The van der Waals surface area contributed by atoms with Crippen LogP contribution >= 0.6 is 0 Å². The monoisotopic (exact) mass is 340 g/mol. The number of carbonyl (C=O) groups excluding carboxylic acids is 2. The third-order valence-corrected chi connectivity index (χ3v) is 3.92. The lowest BCUT2D eigenvalue weighted by atomic mass is 10.1. The molecule has 2 aromatic carbocycles. The number of nitrogens with zero attached hydrogens (tertiary/aromatic N) is 1. The number of carbonyl (C=O) groups is 2. The van der Waals surface area contributed by atoms with E-state index in [0.717, 1.165) is 16.8 Å². The SMILES string of the molecule is COC(=O)[C@H](Cc1ccccc1)Nc1ccc(CC(=O)N(C)C)cc1. The van der Waals surface area contributed by atoms with Crippen LogP contribution in [0.15, 0.2) is 54.6 Å². The summed E-state index contributed by atoms with van der Waals surface area (Å²) in [5.74, 6) is -0.257. The van der Waals surface area contributed by atoms with Gasteiger partial charge < -0.3 is 15.0 Å². The fourth-order valence-electron chi connectivity index (χ4n) is 2.44. The highest BCUT2D eigenvalue weighted by atomic mass is 16.5. The molecule has 132 valence electrons. The lowest BCUT2D eigenvalue weighted by Gasteiger charge is -2.18. The molecular formula is C20H24N2O3. The van der Waals surface area contributed by atoms with E-state index in [9.17, 15) is 9.59 Å². The molecule has 0 fully saturated rings. The average Bonchev–Trinajstić information content (AvgIpc) is 2.62. The van der Waals surface area contributed by atoms with Gasteiger partial charge in [0.25, 0.3) is 0 Å². The number of ether oxygens (including phenoxy) is 1. The molecule has 1 atom stereocenters. The van der Waals surface area contributed by atoms with Crippen molar-refractivity contribution in [2.75, 3.05) is 26.5 Å². The molecule has 25 heavy (non-hydrogen) atoms. The van der Waals surface area contributed by atoms with Gasteiger partial charge in [0.2, 0.25) is 5.91 Å². The molecule has 0 saturated carbocycles. The quantitative estimate of drug-likeness (QED) is 0.787. The Balaban J connectivity index is 2.05. The minimum absolute atomic E-state index is 0.0530. The zero-order chi connectivity index (χ0) is 18.2. The predicted molar refractivity (Wildman–Crippen MR) is 98.4 cm³/mol. The van der Waals surface area contributed by atoms with E-state index in [-0.39, 0.29) is 11.9 Å². The van der Waals surface area contributed by atoms with Gasteiger partial charge in [-0.2, -0.15) is 0 Å². The van der Waals surface area contributed by atoms with Crippen molar-refractivity contribution in [3.63, 3.8) is 0 Å². The molecular weight excluding hydrogens is 316 g/mol. The molecule has 2 rings (SSSR count). The second-order valence-electron chi connectivity index (χ2n) is 6.07. The van der Waals surface area contributed by atoms with E-state index in [1.165, 1.54) is 7.11 Å². The first-order valence-corrected chi connectivity index (χ1v) is 8.17. The van der Waals surface area contributed by atoms with Crippen LogP contribution in [-0.2, 0) is 27.2 Å². The van der Waals surface area contributed by atoms with Crippen molar-refractivity contribution < 1.29 is 14.3 Å². The van der Waals surface area contributed by atoms with Crippen LogP contribution in [0.3, 0.4) is 0 Å². The van der Waals surface area contributed by atoms with Crippen molar-refractivity contribution in [3.8, 4) is 0 Å². The van der Waals surface area contributed by atoms with E-state index in [2.05, 4.69) is 5.32 Å². The standard InChI is InChI=1S/C20H24N2O3/c1-22(2)19(23)14-16-9-11-17(12-10-16)21-18(20(24)25-3)13-15-7-5-4-6-8-15/h4-12,18,21H,13-14H2,1-3H3/t18-/m0/s1. The normalized spacial score (nSPS) is 11.5. The largest absolute Gasteiger partial charge is 0.467 e. The zero-order valence-electron chi connectivity index (χ0n) is 14.9. The zero-order valence-corrected chi connectivity index (χ0v) is 14.9. The Morgan fingerprint density at radius 2 is 1.64 bits per heavy atom. The van der Waals surface area contributed by atoms with Crippen molar-refractivity contribution in [2.45, 2.75) is 18.9 Å². The van der Waals surface area contributed by atoms with Crippen molar-refractivity contribution in [2.24, 2.45) is 0 Å². The van der Waals surface area contributed by atoms with Crippen molar-refractivity contribution >= 4 is 17.6 Å². The predicted octanol–water partition coefficient (Wildman–Crippen LogP) is 2.51. The molecule has 0 radical (unpaired) electrons. The number of benzene rings is 2. The fraction of sp³-hybridized carbons (Fsp3) is 0.300. The van der Waals surface area contributed by atoms with Crippen molar-refractivity contribution in [1.82, 2.24) is 4.90 Å². The number of rotatable bonds is 7. The topological polar surface area (TPSA) is 58.6 Å². The number of hydrogen-bond acceptors (Lipinski definition) is 4. The third kappa shape index (κ3) is 5.64. The number of esters is 1. The van der Waals surface area contributed by atoms with Crippen LogP contribution in [-0.4, -0.2) is 44.0 Å². The van der Waals surface area contributed by atoms with Gasteiger partial charge in [-0.3, -0.25) is 4.79 Å².